The number of hydrogen-bond acceptors (Lipinski definition) is 3. The number of fused-ring (bicyclic) bond motifs is 1. The average Bonchev–Trinajstić information content (AvgIpc) is 2.51. The quantitative estimate of drug-likeness (QED) is 0.910. The van der Waals surface area contributed by atoms with Crippen LogP contribution in [0, 0.1) is 5.82 Å². The van der Waals surface area contributed by atoms with Crippen LogP contribution in [0.15, 0.2) is 42.5 Å². The number of rotatable bonds is 3. The molecule has 2 N–H and O–H groups in total. The van der Waals surface area contributed by atoms with Gasteiger partial charge in [-0.05, 0) is 49.7 Å². The van der Waals surface area contributed by atoms with E-state index < -0.39 is 5.60 Å². The van der Waals surface area contributed by atoms with E-state index in [-0.39, 0.29) is 24.1 Å². The second kappa shape index (κ2) is 5.96. The third kappa shape index (κ3) is 3.37. The Balaban J connectivity index is 1.70. The third-order valence-corrected chi connectivity index (χ3v) is 3.70. The highest BCUT2D eigenvalue weighted by Gasteiger charge is 2.35. The topological polar surface area (TPSA) is 67.4 Å². The summed E-state index contributed by atoms with van der Waals surface area (Å²) in [6.07, 6.45) is 0.132. The molecular weight excluding hydrogens is 311 g/mol. The SMILES string of the molecule is CC1(C)Oc2ccc(NC(=O)Cc3ccc(F)cc3)cc2NC1=O. The van der Waals surface area contributed by atoms with E-state index in [1.807, 2.05) is 0 Å². The number of nitrogens with one attached hydrogen (secondary N) is 2. The molecule has 2 aromatic rings. The van der Waals surface area contributed by atoms with E-state index in [0.29, 0.717) is 22.7 Å². The van der Waals surface area contributed by atoms with Crippen molar-refractivity contribution in [2.45, 2.75) is 25.9 Å². The van der Waals surface area contributed by atoms with Crippen LogP contribution >= 0.6 is 0 Å². The summed E-state index contributed by atoms with van der Waals surface area (Å²) in [6.45, 7) is 3.37. The molecule has 0 bridgehead atoms. The Bertz CT molecular complexity index is 800. The van der Waals surface area contributed by atoms with Gasteiger partial charge in [0.1, 0.15) is 11.6 Å². The molecule has 3 rings (SSSR count). The van der Waals surface area contributed by atoms with Gasteiger partial charge >= 0.3 is 0 Å². The highest BCUT2D eigenvalue weighted by atomic mass is 19.1. The Hall–Kier alpha value is -2.89. The van der Waals surface area contributed by atoms with Gasteiger partial charge in [-0.1, -0.05) is 12.1 Å². The van der Waals surface area contributed by atoms with E-state index in [2.05, 4.69) is 10.6 Å². The number of carbonyl (C=O) groups is 2. The minimum atomic E-state index is -0.930. The maximum Gasteiger partial charge on any atom is 0.268 e. The van der Waals surface area contributed by atoms with Crippen molar-refractivity contribution in [3.05, 3.63) is 53.8 Å². The molecule has 0 saturated carbocycles. The molecule has 0 aromatic heterocycles. The van der Waals surface area contributed by atoms with Crippen LogP contribution in [0.1, 0.15) is 19.4 Å². The number of ether oxygens (including phenoxy) is 1. The Kier molecular flexibility index (Phi) is 3.97. The molecule has 1 aliphatic heterocycles. The van der Waals surface area contributed by atoms with Gasteiger partial charge in [0, 0.05) is 5.69 Å². The highest BCUT2D eigenvalue weighted by Crippen LogP contribution is 2.35. The second-order valence-electron chi connectivity index (χ2n) is 6.13. The molecule has 0 radical (unpaired) electrons. The van der Waals surface area contributed by atoms with Crippen molar-refractivity contribution in [1.29, 1.82) is 0 Å². The first-order valence-electron chi connectivity index (χ1n) is 7.52. The first-order chi connectivity index (χ1) is 11.3. The molecule has 24 heavy (non-hydrogen) atoms. The Morgan fingerprint density at radius 1 is 1.21 bits per heavy atom. The van der Waals surface area contributed by atoms with Crippen molar-refractivity contribution < 1.29 is 18.7 Å². The van der Waals surface area contributed by atoms with E-state index in [0.717, 1.165) is 0 Å². The average molecular weight is 328 g/mol. The summed E-state index contributed by atoms with van der Waals surface area (Å²) in [5, 5.41) is 5.51. The van der Waals surface area contributed by atoms with Crippen molar-refractivity contribution in [3.8, 4) is 5.75 Å². The minimum Gasteiger partial charge on any atom is -0.476 e. The fourth-order valence-corrected chi connectivity index (χ4v) is 2.38. The lowest BCUT2D eigenvalue weighted by atomic mass is 10.1. The molecule has 124 valence electrons. The molecule has 1 aliphatic rings. The van der Waals surface area contributed by atoms with Gasteiger partial charge in [-0.2, -0.15) is 0 Å². The molecule has 1 heterocycles. The fraction of sp³-hybridized carbons (Fsp3) is 0.222. The summed E-state index contributed by atoms with van der Waals surface area (Å²) in [4.78, 5) is 24.0. The van der Waals surface area contributed by atoms with Crippen LogP contribution in [0.5, 0.6) is 5.75 Å². The smallest absolute Gasteiger partial charge is 0.268 e. The van der Waals surface area contributed by atoms with Crippen molar-refractivity contribution in [3.63, 3.8) is 0 Å². The van der Waals surface area contributed by atoms with E-state index in [1.54, 1.807) is 44.2 Å². The molecule has 0 fully saturated rings. The zero-order valence-electron chi connectivity index (χ0n) is 13.4. The van der Waals surface area contributed by atoms with Gasteiger partial charge in [0.2, 0.25) is 5.91 Å². The molecule has 0 spiro atoms. The van der Waals surface area contributed by atoms with Gasteiger partial charge in [0.15, 0.2) is 5.60 Å². The van der Waals surface area contributed by atoms with Crippen LogP contribution < -0.4 is 15.4 Å². The summed E-state index contributed by atoms with van der Waals surface area (Å²) >= 11 is 0. The van der Waals surface area contributed by atoms with Gasteiger partial charge in [-0.15, -0.1) is 0 Å². The predicted octanol–water partition coefficient (Wildman–Crippen LogP) is 3.12. The lowest BCUT2D eigenvalue weighted by Crippen LogP contribution is -2.45. The van der Waals surface area contributed by atoms with Crippen LogP contribution in [-0.2, 0) is 16.0 Å². The Morgan fingerprint density at radius 3 is 2.62 bits per heavy atom. The zero-order valence-corrected chi connectivity index (χ0v) is 13.4. The first-order valence-corrected chi connectivity index (χ1v) is 7.52. The van der Waals surface area contributed by atoms with E-state index in [9.17, 15) is 14.0 Å². The zero-order chi connectivity index (χ0) is 17.3. The minimum absolute atomic E-state index is 0.132. The van der Waals surface area contributed by atoms with Crippen LogP contribution in [0.3, 0.4) is 0 Å². The Morgan fingerprint density at radius 2 is 1.92 bits per heavy atom. The summed E-state index contributed by atoms with van der Waals surface area (Å²) in [5.74, 6) is -0.265. The first kappa shape index (κ1) is 16.0. The van der Waals surface area contributed by atoms with Gasteiger partial charge in [0.05, 0.1) is 12.1 Å². The van der Waals surface area contributed by atoms with Crippen molar-refractivity contribution in [2.24, 2.45) is 0 Å². The summed E-state index contributed by atoms with van der Waals surface area (Å²) in [7, 11) is 0. The maximum absolute atomic E-state index is 12.9. The summed E-state index contributed by atoms with van der Waals surface area (Å²) < 4.78 is 18.5. The van der Waals surface area contributed by atoms with Crippen LogP contribution in [0.2, 0.25) is 0 Å². The number of amides is 2. The highest BCUT2D eigenvalue weighted by molar-refractivity contribution is 6.01. The van der Waals surface area contributed by atoms with E-state index >= 15 is 0 Å². The maximum atomic E-state index is 12.9. The molecule has 0 atom stereocenters. The predicted molar refractivity (Wildman–Crippen MR) is 88.5 cm³/mol. The molecule has 0 aliphatic carbocycles. The Labute approximate surface area is 138 Å². The summed E-state index contributed by atoms with van der Waals surface area (Å²) in [6, 6.07) is 10.8. The van der Waals surface area contributed by atoms with Crippen LogP contribution in [0.25, 0.3) is 0 Å². The molecule has 5 nitrogen and oxygen atoms in total. The number of halogens is 1. The van der Waals surface area contributed by atoms with Crippen LogP contribution in [-0.4, -0.2) is 17.4 Å². The standard InChI is InChI=1S/C18H17FN2O3/c1-18(2)17(23)21-14-10-13(7-8-15(14)24-18)20-16(22)9-11-3-5-12(19)6-4-11/h3-8,10H,9H2,1-2H3,(H,20,22)(H,21,23). The van der Waals surface area contributed by atoms with E-state index in [4.69, 9.17) is 4.74 Å². The largest absolute Gasteiger partial charge is 0.476 e. The number of anilines is 2. The molecular formula is C18H17FN2O3. The molecule has 0 saturated heterocycles. The third-order valence-electron chi connectivity index (χ3n) is 3.70. The number of hydrogen-bond donors (Lipinski definition) is 2. The lowest BCUT2D eigenvalue weighted by Gasteiger charge is -2.31. The monoisotopic (exact) mass is 328 g/mol. The van der Waals surface area contributed by atoms with Gasteiger partial charge < -0.3 is 15.4 Å². The molecule has 0 unspecified atom stereocenters. The number of benzene rings is 2. The molecule has 2 amide bonds. The van der Waals surface area contributed by atoms with Gasteiger partial charge in [-0.3, -0.25) is 9.59 Å². The number of carbonyl (C=O) groups excluding carboxylic acids is 2. The van der Waals surface area contributed by atoms with Crippen molar-refractivity contribution >= 4 is 23.2 Å². The van der Waals surface area contributed by atoms with Gasteiger partial charge in [0.25, 0.3) is 5.91 Å². The fourth-order valence-electron chi connectivity index (χ4n) is 2.38. The van der Waals surface area contributed by atoms with Crippen molar-refractivity contribution in [1.82, 2.24) is 0 Å². The van der Waals surface area contributed by atoms with Crippen LogP contribution in [0.4, 0.5) is 15.8 Å². The molecule has 6 heteroatoms. The second-order valence-corrected chi connectivity index (χ2v) is 6.13. The normalized spacial score (nSPS) is 15.0. The van der Waals surface area contributed by atoms with E-state index in [1.165, 1.54) is 12.1 Å². The van der Waals surface area contributed by atoms with Gasteiger partial charge in [-0.25, -0.2) is 4.39 Å². The molecule has 2 aromatic carbocycles. The lowest BCUT2D eigenvalue weighted by molar-refractivity contribution is -0.129. The van der Waals surface area contributed by atoms with Crippen molar-refractivity contribution in [2.75, 3.05) is 10.6 Å². The summed E-state index contributed by atoms with van der Waals surface area (Å²) in [5.41, 5.74) is 0.842.